The molecule has 0 saturated heterocycles. The molecule has 1 aromatic heterocycles. The number of hydrogen-bond donors (Lipinski definition) is 2. The standard InChI is InChI=1S/C9H9BrN2O3/c1-15-9-7(10)8(11)5(4-12-9)2-3-6(13)14/h2-4H,1H3,(H2,11,12)(H,13,14). The molecule has 0 unspecified atom stereocenters. The first-order chi connectivity index (χ1) is 7.06. The zero-order chi connectivity index (χ0) is 11.4. The minimum absolute atomic E-state index is 0.361. The molecule has 5 nitrogen and oxygen atoms in total. The maximum Gasteiger partial charge on any atom is 0.328 e. The molecule has 0 aliphatic carbocycles. The summed E-state index contributed by atoms with van der Waals surface area (Å²) in [6.07, 6.45) is 3.81. The van der Waals surface area contributed by atoms with Gasteiger partial charge < -0.3 is 15.6 Å². The van der Waals surface area contributed by atoms with Crippen molar-refractivity contribution in [2.45, 2.75) is 0 Å². The van der Waals surface area contributed by atoms with Crippen molar-refractivity contribution in [3.63, 3.8) is 0 Å². The number of anilines is 1. The van der Waals surface area contributed by atoms with Crippen LogP contribution in [-0.2, 0) is 4.79 Å². The monoisotopic (exact) mass is 272 g/mol. The Labute approximate surface area is 94.7 Å². The van der Waals surface area contributed by atoms with Crippen LogP contribution < -0.4 is 10.5 Å². The summed E-state index contributed by atoms with van der Waals surface area (Å²) in [6, 6.07) is 0. The lowest BCUT2D eigenvalue weighted by Gasteiger charge is -2.06. The maximum atomic E-state index is 10.3. The maximum absolute atomic E-state index is 10.3. The molecule has 1 aromatic rings. The third kappa shape index (κ3) is 2.69. The lowest BCUT2D eigenvalue weighted by atomic mass is 10.2. The molecule has 1 rings (SSSR count). The van der Waals surface area contributed by atoms with E-state index in [0.29, 0.717) is 21.6 Å². The number of methoxy groups -OCH3 is 1. The second kappa shape index (κ2) is 4.79. The van der Waals surface area contributed by atoms with Gasteiger partial charge >= 0.3 is 5.97 Å². The summed E-state index contributed by atoms with van der Waals surface area (Å²) in [4.78, 5) is 14.2. The molecule has 1 heterocycles. The molecule has 0 fully saturated rings. The van der Waals surface area contributed by atoms with Crippen LogP contribution in [0.15, 0.2) is 16.7 Å². The molecule has 0 spiro atoms. The number of hydrogen-bond acceptors (Lipinski definition) is 4. The average Bonchev–Trinajstić information content (AvgIpc) is 2.20. The van der Waals surface area contributed by atoms with Gasteiger partial charge in [0, 0.05) is 17.8 Å². The van der Waals surface area contributed by atoms with Gasteiger partial charge in [-0.3, -0.25) is 0 Å². The molecule has 0 aliphatic heterocycles. The number of ether oxygens (including phenoxy) is 1. The molecular weight excluding hydrogens is 264 g/mol. The molecule has 0 radical (unpaired) electrons. The van der Waals surface area contributed by atoms with Crippen molar-refractivity contribution in [3.8, 4) is 5.88 Å². The molecule has 0 bridgehead atoms. The number of carbonyl (C=O) groups is 1. The molecule has 0 saturated carbocycles. The van der Waals surface area contributed by atoms with E-state index >= 15 is 0 Å². The molecule has 15 heavy (non-hydrogen) atoms. The van der Waals surface area contributed by atoms with Crippen LogP contribution in [0.25, 0.3) is 6.08 Å². The Hall–Kier alpha value is -1.56. The van der Waals surface area contributed by atoms with E-state index in [0.717, 1.165) is 6.08 Å². The van der Waals surface area contributed by atoms with Gasteiger partial charge in [0.25, 0.3) is 0 Å². The van der Waals surface area contributed by atoms with Gasteiger partial charge in [-0.15, -0.1) is 0 Å². The fourth-order valence-corrected chi connectivity index (χ4v) is 1.43. The lowest BCUT2D eigenvalue weighted by Crippen LogP contribution is -1.97. The Morgan fingerprint density at radius 1 is 1.73 bits per heavy atom. The van der Waals surface area contributed by atoms with E-state index in [2.05, 4.69) is 20.9 Å². The highest BCUT2D eigenvalue weighted by Gasteiger charge is 2.08. The number of nitrogens with two attached hydrogens (primary N) is 1. The number of aromatic nitrogens is 1. The summed E-state index contributed by atoms with van der Waals surface area (Å²) < 4.78 is 5.44. The van der Waals surface area contributed by atoms with E-state index in [1.54, 1.807) is 0 Å². The minimum Gasteiger partial charge on any atom is -0.480 e. The Kier molecular flexibility index (Phi) is 3.68. The van der Waals surface area contributed by atoms with Gasteiger partial charge in [-0.05, 0) is 22.0 Å². The number of halogens is 1. The highest BCUT2D eigenvalue weighted by atomic mass is 79.9. The summed E-state index contributed by atoms with van der Waals surface area (Å²) in [7, 11) is 1.47. The summed E-state index contributed by atoms with van der Waals surface area (Å²) in [5.74, 6) is -0.679. The van der Waals surface area contributed by atoms with E-state index in [1.807, 2.05) is 0 Å². The third-order valence-corrected chi connectivity index (χ3v) is 2.42. The number of nitrogen functional groups attached to an aromatic ring is 1. The summed E-state index contributed by atoms with van der Waals surface area (Å²) in [5, 5.41) is 8.45. The first kappa shape index (κ1) is 11.5. The van der Waals surface area contributed by atoms with E-state index in [1.165, 1.54) is 19.4 Å². The first-order valence-corrected chi connectivity index (χ1v) is 4.74. The van der Waals surface area contributed by atoms with Gasteiger partial charge in [-0.2, -0.15) is 0 Å². The van der Waals surface area contributed by atoms with Crippen LogP contribution in [0.5, 0.6) is 5.88 Å². The molecule has 0 atom stereocenters. The molecule has 80 valence electrons. The van der Waals surface area contributed by atoms with E-state index in [-0.39, 0.29) is 0 Å². The second-order valence-electron chi connectivity index (χ2n) is 2.62. The fraction of sp³-hybridized carbons (Fsp3) is 0.111. The molecular formula is C9H9BrN2O3. The van der Waals surface area contributed by atoms with Crippen molar-refractivity contribution in [1.82, 2.24) is 4.98 Å². The van der Waals surface area contributed by atoms with Crippen LogP contribution in [-0.4, -0.2) is 23.2 Å². The van der Waals surface area contributed by atoms with Crippen LogP contribution in [0, 0.1) is 0 Å². The second-order valence-corrected chi connectivity index (χ2v) is 3.42. The van der Waals surface area contributed by atoms with Crippen molar-refractivity contribution < 1.29 is 14.6 Å². The number of aliphatic carboxylic acids is 1. The molecule has 0 aromatic carbocycles. The third-order valence-electron chi connectivity index (χ3n) is 1.65. The number of carboxylic acids is 1. The Morgan fingerprint density at radius 3 is 2.93 bits per heavy atom. The van der Waals surface area contributed by atoms with Gasteiger partial charge in [0.1, 0.15) is 4.47 Å². The van der Waals surface area contributed by atoms with Crippen molar-refractivity contribution in [2.75, 3.05) is 12.8 Å². The normalized spacial score (nSPS) is 10.5. The largest absolute Gasteiger partial charge is 0.480 e. The van der Waals surface area contributed by atoms with Gasteiger partial charge in [-0.25, -0.2) is 9.78 Å². The number of carboxylic acid groups (broad SMARTS) is 1. The smallest absolute Gasteiger partial charge is 0.328 e. The van der Waals surface area contributed by atoms with Gasteiger partial charge in [0.15, 0.2) is 0 Å². The van der Waals surface area contributed by atoms with E-state index in [9.17, 15) is 4.79 Å². The summed E-state index contributed by atoms with van der Waals surface area (Å²) in [6.45, 7) is 0. The van der Waals surface area contributed by atoms with Gasteiger partial charge in [0.05, 0.1) is 12.8 Å². The van der Waals surface area contributed by atoms with E-state index < -0.39 is 5.97 Å². The van der Waals surface area contributed by atoms with Gasteiger partial charge in [0.2, 0.25) is 5.88 Å². The Balaban J connectivity index is 3.12. The van der Waals surface area contributed by atoms with Crippen LogP contribution >= 0.6 is 15.9 Å². The predicted molar refractivity (Wildman–Crippen MR) is 59.6 cm³/mol. The van der Waals surface area contributed by atoms with E-state index in [4.69, 9.17) is 15.6 Å². The Bertz CT molecular complexity index is 418. The number of nitrogens with zero attached hydrogens (tertiary/aromatic N) is 1. The molecule has 3 N–H and O–H groups in total. The van der Waals surface area contributed by atoms with Crippen molar-refractivity contribution in [3.05, 3.63) is 22.3 Å². The zero-order valence-corrected chi connectivity index (χ0v) is 9.48. The van der Waals surface area contributed by atoms with Gasteiger partial charge in [-0.1, -0.05) is 0 Å². The SMILES string of the molecule is COc1ncc(C=CC(=O)O)c(N)c1Br. The van der Waals surface area contributed by atoms with Crippen molar-refractivity contribution in [2.24, 2.45) is 0 Å². The summed E-state index contributed by atoms with van der Waals surface area (Å²) in [5.41, 5.74) is 6.64. The highest BCUT2D eigenvalue weighted by molar-refractivity contribution is 9.10. The lowest BCUT2D eigenvalue weighted by molar-refractivity contribution is -0.131. The van der Waals surface area contributed by atoms with Crippen LogP contribution in [0.2, 0.25) is 0 Å². The van der Waals surface area contributed by atoms with Crippen LogP contribution in [0.4, 0.5) is 5.69 Å². The molecule has 0 aliphatic rings. The van der Waals surface area contributed by atoms with Crippen molar-refractivity contribution >= 4 is 33.7 Å². The fourth-order valence-electron chi connectivity index (χ4n) is 0.933. The molecule has 6 heteroatoms. The topological polar surface area (TPSA) is 85.4 Å². The van der Waals surface area contributed by atoms with Crippen molar-refractivity contribution in [1.29, 1.82) is 0 Å². The number of pyridine rings is 1. The predicted octanol–water partition coefficient (Wildman–Crippen LogP) is 1.53. The highest BCUT2D eigenvalue weighted by Crippen LogP contribution is 2.31. The molecule has 0 amide bonds. The number of rotatable bonds is 3. The van der Waals surface area contributed by atoms with Crippen LogP contribution in [0.1, 0.15) is 5.56 Å². The minimum atomic E-state index is -1.04. The Morgan fingerprint density at radius 2 is 2.40 bits per heavy atom. The first-order valence-electron chi connectivity index (χ1n) is 3.95. The average molecular weight is 273 g/mol. The summed E-state index contributed by atoms with van der Waals surface area (Å²) >= 11 is 3.20. The quantitative estimate of drug-likeness (QED) is 0.816. The zero-order valence-electron chi connectivity index (χ0n) is 7.90. The van der Waals surface area contributed by atoms with Crippen LogP contribution in [0.3, 0.4) is 0 Å².